The van der Waals surface area contributed by atoms with Crippen LogP contribution in [0.3, 0.4) is 0 Å². The van der Waals surface area contributed by atoms with Gasteiger partial charge in [-0.25, -0.2) is 9.97 Å². The van der Waals surface area contributed by atoms with Crippen LogP contribution >= 0.6 is 0 Å². The number of aryl methyl sites for hydroxylation is 1. The summed E-state index contributed by atoms with van der Waals surface area (Å²) in [5, 5.41) is 19.9. The van der Waals surface area contributed by atoms with Gasteiger partial charge in [0.2, 0.25) is 11.6 Å². The SMILES string of the molecule is Cc1ccc2c(Nc3ncnc(Nc4cccc5cccnc45)c3[N+](=O)[O-])cccc2n1. The maximum absolute atomic E-state index is 12.0. The van der Waals surface area contributed by atoms with Gasteiger partial charge in [-0.1, -0.05) is 24.3 Å². The van der Waals surface area contributed by atoms with E-state index in [-0.39, 0.29) is 17.3 Å². The molecule has 0 unspecified atom stereocenters. The third kappa shape index (κ3) is 3.52. The van der Waals surface area contributed by atoms with Gasteiger partial charge in [-0.3, -0.25) is 20.1 Å². The van der Waals surface area contributed by atoms with Crippen LogP contribution < -0.4 is 10.6 Å². The Morgan fingerprint density at radius 2 is 1.56 bits per heavy atom. The number of benzene rings is 2. The molecular formula is C23H17N7O2. The van der Waals surface area contributed by atoms with Crippen molar-refractivity contribution in [2.75, 3.05) is 10.6 Å². The zero-order valence-corrected chi connectivity index (χ0v) is 17.0. The predicted molar refractivity (Wildman–Crippen MR) is 123 cm³/mol. The maximum Gasteiger partial charge on any atom is 0.353 e. The van der Waals surface area contributed by atoms with Gasteiger partial charge in [-0.15, -0.1) is 0 Å². The van der Waals surface area contributed by atoms with Crippen LogP contribution in [-0.2, 0) is 0 Å². The molecule has 32 heavy (non-hydrogen) atoms. The van der Waals surface area contributed by atoms with Crippen molar-refractivity contribution < 1.29 is 4.92 Å². The normalized spacial score (nSPS) is 10.9. The van der Waals surface area contributed by atoms with E-state index < -0.39 is 4.92 Å². The van der Waals surface area contributed by atoms with Gasteiger partial charge in [0.05, 0.1) is 21.6 Å². The number of anilines is 4. The van der Waals surface area contributed by atoms with E-state index in [0.717, 1.165) is 22.0 Å². The molecule has 0 aliphatic carbocycles. The second kappa shape index (κ2) is 7.88. The molecule has 9 nitrogen and oxygen atoms in total. The van der Waals surface area contributed by atoms with Gasteiger partial charge in [0, 0.05) is 28.4 Å². The lowest BCUT2D eigenvalue weighted by Crippen LogP contribution is -2.06. The topological polar surface area (TPSA) is 119 Å². The molecule has 0 amide bonds. The Morgan fingerprint density at radius 1 is 0.844 bits per heavy atom. The maximum atomic E-state index is 12.0. The number of hydrogen-bond donors (Lipinski definition) is 2. The zero-order valence-electron chi connectivity index (χ0n) is 17.0. The largest absolute Gasteiger partial charge is 0.353 e. The molecule has 0 aliphatic rings. The highest BCUT2D eigenvalue weighted by atomic mass is 16.6. The molecule has 5 aromatic rings. The smallest absolute Gasteiger partial charge is 0.334 e. The van der Waals surface area contributed by atoms with Crippen LogP contribution in [0.25, 0.3) is 21.8 Å². The van der Waals surface area contributed by atoms with Crippen LogP contribution in [0.4, 0.5) is 28.7 Å². The number of nitrogens with zero attached hydrogens (tertiary/aromatic N) is 5. The van der Waals surface area contributed by atoms with Crippen LogP contribution in [0.1, 0.15) is 5.69 Å². The monoisotopic (exact) mass is 423 g/mol. The fourth-order valence-corrected chi connectivity index (χ4v) is 3.56. The summed E-state index contributed by atoms with van der Waals surface area (Å²) >= 11 is 0. The Bertz CT molecular complexity index is 1480. The molecule has 156 valence electrons. The fraction of sp³-hybridized carbons (Fsp3) is 0.0435. The van der Waals surface area contributed by atoms with E-state index in [2.05, 4.69) is 30.6 Å². The lowest BCUT2D eigenvalue weighted by Gasteiger charge is -2.12. The minimum atomic E-state index is -0.503. The summed E-state index contributed by atoms with van der Waals surface area (Å²) in [5.41, 5.74) is 3.37. The van der Waals surface area contributed by atoms with Gasteiger partial charge >= 0.3 is 5.69 Å². The summed E-state index contributed by atoms with van der Waals surface area (Å²) in [5.74, 6) is 0.147. The summed E-state index contributed by atoms with van der Waals surface area (Å²) in [6.07, 6.45) is 2.95. The van der Waals surface area contributed by atoms with E-state index in [1.54, 1.807) is 12.3 Å². The minimum absolute atomic E-state index is 0.0693. The second-order valence-corrected chi connectivity index (χ2v) is 7.13. The van der Waals surface area contributed by atoms with Gasteiger partial charge in [0.25, 0.3) is 0 Å². The summed E-state index contributed by atoms with van der Waals surface area (Å²) < 4.78 is 0. The molecule has 2 N–H and O–H groups in total. The Labute approximate surface area is 182 Å². The Hall–Kier alpha value is -4.66. The van der Waals surface area contributed by atoms with Gasteiger partial charge in [0.1, 0.15) is 6.33 Å². The summed E-state index contributed by atoms with van der Waals surface area (Å²) in [6, 6.07) is 18.7. The molecule has 0 aliphatic heterocycles. The molecule has 0 fully saturated rings. The molecule has 0 spiro atoms. The number of nitrogens with one attached hydrogen (secondary N) is 2. The van der Waals surface area contributed by atoms with E-state index in [0.29, 0.717) is 16.9 Å². The third-order valence-electron chi connectivity index (χ3n) is 5.01. The summed E-state index contributed by atoms with van der Waals surface area (Å²) in [7, 11) is 0. The van der Waals surface area contributed by atoms with Crippen molar-refractivity contribution in [3.8, 4) is 0 Å². The van der Waals surface area contributed by atoms with E-state index >= 15 is 0 Å². The Balaban J connectivity index is 1.58. The highest BCUT2D eigenvalue weighted by Crippen LogP contribution is 2.35. The van der Waals surface area contributed by atoms with E-state index in [4.69, 9.17) is 0 Å². The van der Waals surface area contributed by atoms with Crippen molar-refractivity contribution in [2.24, 2.45) is 0 Å². The molecule has 5 rings (SSSR count). The summed E-state index contributed by atoms with van der Waals surface area (Å²) in [4.78, 5) is 28.7. The minimum Gasteiger partial charge on any atom is -0.334 e. The van der Waals surface area contributed by atoms with E-state index in [1.807, 2.05) is 61.5 Å². The van der Waals surface area contributed by atoms with Crippen molar-refractivity contribution in [2.45, 2.75) is 6.92 Å². The highest BCUT2D eigenvalue weighted by Gasteiger charge is 2.24. The zero-order chi connectivity index (χ0) is 22.1. The number of rotatable bonds is 5. The molecule has 3 heterocycles. The molecule has 3 aromatic heterocycles. The average Bonchev–Trinajstić information content (AvgIpc) is 2.79. The first-order chi connectivity index (χ1) is 15.6. The number of aromatic nitrogens is 4. The first kappa shape index (κ1) is 19.3. The molecular weight excluding hydrogens is 406 g/mol. The Morgan fingerprint density at radius 3 is 2.38 bits per heavy atom. The van der Waals surface area contributed by atoms with Crippen LogP contribution in [-0.4, -0.2) is 24.9 Å². The highest BCUT2D eigenvalue weighted by molar-refractivity contribution is 5.95. The van der Waals surface area contributed by atoms with Crippen molar-refractivity contribution in [3.63, 3.8) is 0 Å². The van der Waals surface area contributed by atoms with Crippen LogP contribution in [0.5, 0.6) is 0 Å². The number of hydrogen-bond acceptors (Lipinski definition) is 8. The molecule has 0 atom stereocenters. The van der Waals surface area contributed by atoms with Crippen molar-refractivity contribution >= 4 is 50.5 Å². The van der Waals surface area contributed by atoms with Gasteiger partial charge in [0.15, 0.2) is 0 Å². The number of para-hydroxylation sites is 1. The first-order valence-electron chi connectivity index (χ1n) is 9.84. The fourth-order valence-electron chi connectivity index (χ4n) is 3.56. The molecule has 0 bridgehead atoms. The van der Waals surface area contributed by atoms with Crippen LogP contribution in [0.15, 0.2) is 73.2 Å². The molecule has 2 aromatic carbocycles. The van der Waals surface area contributed by atoms with Crippen molar-refractivity contribution in [1.82, 2.24) is 19.9 Å². The Kier molecular flexibility index (Phi) is 4.75. The lowest BCUT2D eigenvalue weighted by molar-refractivity contribution is -0.383. The number of nitro groups is 1. The van der Waals surface area contributed by atoms with Crippen LogP contribution in [0.2, 0.25) is 0 Å². The first-order valence-corrected chi connectivity index (χ1v) is 9.84. The summed E-state index contributed by atoms with van der Waals surface area (Å²) in [6.45, 7) is 1.91. The number of fused-ring (bicyclic) bond motifs is 2. The van der Waals surface area contributed by atoms with Crippen LogP contribution in [0, 0.1) is 17.0 Å². The van der Waals surface area contributed by atoms with Gasteiger partial charge in [-0.2, -0.15) is 0 Å². The number of pyridine rings is 2. The van der Waals surface area contributed by atoms with Gasteiger partial charge < -0.3 is 10.6 Å². The van der Waals surface area contributed by atoms with E-state index in [1.165, 1.54) is 6.33 Å². The van der Waals surface area contributed by atoms with Crippen molar-refractivity contribution in [3.05, 3.63) is 89.0 Å². The standard InChI is InChI=1S/C23H17N7O2/c1-14-10-11-16-17(27-14)7-3-8-18(16)28-22-21(30(31)32)23(26-13-25-22)29-19-9-2-5-15-6-4-12-24-20(15)19/h2-13H,1H3,(H2,25,26,28,29). The molecule has 0 saturated heterocycles. The molecule has 0 saturated carbocycles. The average molecular weight is 423 g/mol. The van der Waals surface area contributed by atoms with Crippen molar-refractivity contribution in [1.29, 1.82) is 0 Å². The third-order valence-corrected chi connectivity index (χ3v) is 5.01. The second-order valence-electron chi connectivity index (χ2n) is 7.13. The molecule has 0 radical (unpaired) electrons. The van der Waals surface area contributed by atoms with Gasteiger partial charge in [-0.05, 0) is 43.3 Å². The lowest BCUT2D eigenvalue weighted by atomic mass is 10.1. The predicted octanol–water partition coefficient (Wildman–Crippen LogP) is 5.28. The quantitative estimate of drug-likeness (QED) is 0.290. The van der Waals surface area contributed by atoms with E-state index in [9.17, 15) is 10.1 Å². The molecule has 9 heteroatoms.